The van der Waals surface area contributed by atoms with Crippen molar-refractivity contribution in [3.63, 3.8) is 0 Å². The van der Waals surface area contributed by atoms with Crippen LogP contribution < -0.4 is 11.1 Å². The topological polar surface area (TPSA) is 47.3 Å². The summed E-state index contributed by atoms with van der Waals surface area (Å²) in [6.45, 7) is 4.70. The fourth-order valence-electron chi connectivity index (χ4n) is 1.10. The molecule has 0 amide bonds. The number of hydrogen-bond acceptors (Lipinski definition) is 3. The van der Waals surface area contributed by atoms with Gasteiger partial charge in [-0.2, -0.15) is 0 Å². The molecule has 0 aromatic rings. The maximum absolute atomic E-state index is 5.35. The third-order valence-electron chi connectivity index (χ3n) is 1.91. The van der Waals surface area contributed by atoms with Gasteiger partial charge in [-0.15, -0.1) is 0 Å². The van der Waals surface area contributed by atoms with Gasteiger partial charge in [-0.3, -0.25) is 0 Å². The lowest BCUT2D eigenvalue weighted by atomic mass is 10.1. The van der Waals surface area contributed by atoms with Crippen LogP contribution in [0.4, 0.5) is 0 Å². The molecule has 74 valence electrons. The van der Waals surface area contributed by atoms with Crippen LogP contribution in [0.25, 0.3) is 0 Å². The molecule has 0 bridgehead atoms. The van der Waals surface area contributed by atoms with E-state index in [1.165, 1.54) is 12.8 Å². The number of nitrogens with one attached hydrogen (secondary N) is 1. The largest absolute Gasteiger partial charge is 0.380 e. The Labute approximate surface area is 75.7 Å². The van der Waals surface area contributed by atoms with Crippen molar-refractivity contribution in [2.75, 3.05) is 26.7 Å². The fourth-order valence-corrected chi connectivity index (χ4v) is 1.10. The molecule has 0 aromatic heterocycles. The van der Waals surface area contributed by atoms with E-state index in [1.54, 1.807) is 7.11 Å². The second kappa shape index (κ2) is 8.97. The van der Waals surface area contributed by atoms with Crippen LogP contribution in [0.2, 0.25) is 0 Å². The molecule has 0 radical (unpaired) electrons. The maximum atomic E-state index is 5.35. The minimum absolute atomic E-state index is 0.358. The molecule has 1 unspecified atom stereocenters. The second-order valence-corrected chi connectivity index (χ2v) is 2.99. The standard InChI is InChI=1S/C9H22N2O/c1-3-4-5-9(12-2)8-11-7-6-10/h9,11H,3-8,10H2,1-2H3. The Morgan fingerprint density at radius 3 is 2.75 bits per heavy atom. The third-order valence-corrected chi connectivity index (χ3v) is 1.91. The van der Waals surface area contributed by atoms with E-state index >= 15 is 0 Å². The van der Waals surface area contributed by atoms with Crippen molar-refractivity contribution < 1.29 is 4.74 Å². The molecule has 0 heterocycles. The summed E-state index contributed by atoms with van der Waals surface area (Å²) < 4.78 is 5.30. The molecular weight excluding hydrogens is 152 g/mol. The van der Waals surface area contributed by atoms with Gasteiger partial charge in [0.25, 0.3) is 0 Å². The van der Waals surface area contributed by atoms with Gasteiger partial charge in [-0.05, 0) is 6.42 Å². The lowest BCUT2D eigenvalue weighted by Gasteiger charge is -2.15. The van der Waals surface area contributed by atoms with Gasteiger partial charge in [0.1, 0.15) is 0 Å². The van der Waals surface area contributed by atoms with Crippen molar-refractivity contribution in [3.05, 3.63) is 0 Å². The molecular formula is C9H22N2O. The predicted molar refractivity (Wildman–Crippen MR) is 52.2 cm³/mol. The summed E-state index contributed by atoms with van der Waals surface area (Å²) in [6, 6.07) is 0. The van der Waals surface area contributed by atoms with E-state index in [0.29, 0.717) is 12.6 Å². The third kappa shape index (κ3) is 6.58. The molecule has 3 N–H and O–H groups in total. The summed E-state index contributed by atoms with van der Waals surface area (Å²) in [5.74, 6) is 0. The molecule has 12 heavy (non-hydrogen) atoms. The number of unbranched alkanes of at least 4 members (excludes halogenated alkanes) is 1. The molecule has 3 heteroatoms. The zero-order valence-corrected chi connectivity index (χ0v) is 8.31. The van der Waals surface area contributed by atoms with Gasteiger partial charge in [0.05, 0.1) is 6.10 Å². The Kier molecular flexibility index (Phi) is 8.88. The van der Waals surface area contributed by atoms with E-state index in [9.17, 15) is 0 Å². The van der Waals surface area contributed by atoms with E-state index < -0.39 is 0 Å². The highest BCUT2D eigenvalue weighted by atomic mass is 16.5. The number of methoxy groups -OCH3 is 1. The number of nitrogens with two attached hydrogens (primary N) is 1. The molecule has 0 saturated carbocycles. The normalized spacial score (nSPS) is 13.2. The summed E-state index contributed by atoms with van der Waals surface area (Å²) in [6.07, 6.45) is 3.97. The average molecular weight is 174 g/mol. The Morgan fingerprint density at radius 1 is 1.50 bits per heavy atom. The predicted octanol–water partition coefficient (Wildman–Crippen LogP) is 0.740. The molecule has 0 aliphatic heterocycles. The zero-order valence-electron chi connectivity index (χ0n) is 8.31. The van der Waals surface area contributed by atoms with Crippen molar-refractivity contribution in [1.82, 2.24) is 5.32 Å². The monoisotopic (exact) mass is 174 g/mol. The lowest BCUT2D eigenvalue weighted by molar-refractivity contribution is 0.0929. The average Bonchev–Trinajstić information content (AvgIpc) is 2.11. The first-order chi connectivity index (χ1) is 5.85. The van der Waals surface area contributed by atoms with Gasteiger partial charge in [0.2, 0.25) is 0 Å². The molecule has 0 fully saturated rings. The minimum Gasteiger partial charge on any atom is -0.380 e. The molecule has 0 aliphatic carbocycles. The SMILES string of the molecule is CCCCC(CNCCN)OC. The summed E-state index contributed by atoms with van der Waals surface area (Å²) in [4.78, 5) is 0. The highest BCUT2D eigenvalue weighted by molar-refractivity contribution is 4.61. The van der Waals surface area contributed by atoms with Crippen molar-refractivity contribution in [3.8, 4) is 0 Å². The van der Waals surface area contributed by atoms with Crippen LogP contribution in [0, 0.1) is 0 Å². The van der Waals surface area contributed by atoms with E-state index in [1.807, 2.05) is 0 Å². The summed E-state index contributed by atoms with van der Waals surface area (Å²) in [5, 5.41) is 3.24. The lowest BCUT2D eigenvalue weighted by Crippen LogP contribution is -2.31. The first-order valence-electron chi connectivity index (χ1n) is 4.78. The van der Waals surface area contributed by atoms with Gasteiger partial charge in [0, 0.05) is 26.7 Å². The summed E-state index contributed by atoms with van der Waals surface area (Å²) in [5.41, 5.74) is 5.35. The van der Waals surface area contributed by atoms with Crippen molar-refractivity contribution >= 4 is 0 Å². The van der Waals surface area contributed by atoms with E-state index in [-0.39, 0.29) is 0 Å². The minimum atomic E-state index is 0.358. The van der Waals surface area contributed by atoms with Crippen molar-refractivity contribution in [1.29, 1.82) is 0 Å². The molecule has 3 nitrogen and oxygen atoms in total. The quantitative estimate of drug-likeness (QED) is 0.534. The van der Waals surface area contributed by atoms with Crippen LogP contribution in [0.1, 0.15) is 26.2 Å². The number of rotatable bonds is 8. The Hall–Kier alpha value is -0.120. The smallest absolute Gasteiger partial charge is 0.0695 e. The summed E-state index contributed by atoms with van der Waals surface area (Å²) in [7, 11) is 1.77. The van der Waals surface area contributed by atoms with Gasteiger partial charge in [0.15, 0.2) is 0 Å². The molecule has 0 spiro atoms. The molecule has 0 aromatic carbocycles. The van der Waals surface area contributed by atoms with Crippen LogP contribution in [-0.4, -0.2) is 32.8 Å². The van der Waals surface area contributed by atoms with Gasteiger partial charge >= 0.3 is 0 Å². The Balaban J connectivity index is 3.26. The Bertz CT molecular complexity index is 88.6. The zero-order chi connectivity index (χ0) is 9.23. The van der Waals surface area contributed by atoms with Gasteiger partial charge in [-0.1, -0.05) is 19.8 Å². The van der Waals surface area contributed by atoms with Crippen LogP contribution >= 0.6 is 0 Å². The van der Waals surface area contributed by atoms with Crippen LogP contribution in [0.3, 0.4) is 0 Å². The summed E-state index contributed by atoms with van der Waals surface area (Å²) >= 11 is 0. The highest BCUT2D eigenvalue weighted by Crippen LogP contribution is 2.02. The number of hydrogen-bond donors (Lipinski definition) is 2. The first kappa shape index (κ1) is 11.9. The van der Waals surface area contributed by atoms with Gasteiger partial charge < -0.3 is 15.8 Å². The molecule has 0 rings (SSSR count). The van der Waals surface area contributed by atoms with Crippen molar-refractivity contribution in [2.24, 2.45) is 5.73 Å². The highest BCUT2D eigenvalue weighted by Gasteiger charge is 2.04. The first-order valence-corrected chi connectivity index (χ1v) is 4.78. The number of ether oxygens (including phenoxy) is 1. The maximum Gasteiger partial charge on any atom is 0.0695 e. The van der Waals surface area contributed by atoms with Crippen LogP contribution in [-0.2, 0) is 4.74 Å². The fraction of sp³-hybridized carbons (Fsp3) is 1.00. The van der Waals surface area contributed by atoms with Crippen LogP contribution in [0.5, 0.6) is 0 Å². The molecule has 1 atom stereocenters. The van der Waals surface area contributed by atoms with E-state index in [2.05, 4.69) is 12.2 Å². The van der Waals surface area contributed by atoms with Crippen molar-refractivity contribution in [2.45, 2.75) is 32.3 Å². The molecule has 0 saturated heterocycles. The van der Waals surface area contributed by atoms with Crippen LogP contribution in [0.15, 0.2) is 0 Å². The van der Waals surface area contributed by atoms with E-state index in [4.69, 9.17) is 10.5 Å². The molecule has 0 aliphatic rings. The van der Waals surface area contributed by atoms with Gasteiger partial charge in [-0.25, -0.2) is 0 Å². The Morgan fingerprint density at radius 2 is 2.25 bits per heavy atom. The second-order valence-electron chi connectivity index (χ2n) is 2.99. The van der Waals surface area contributed by atoms with E-state index in [0.717, 1.165) is 19.5 Å².